The van der Waals surface area contributed by atoms with Crippen LogP contribution in [0.15, 0.2) is 30.3 Å². The zero-order chi connectivity index (χ0) is 23.4. The summed E-state index contributed by atoms with van der Waals surface area (Å²) in [4.78, 5) is 42.0. The highest BCUT2D eigenvalue weighted by Gasteiger charge is 2.48. The molecule has 0 spiro atoms. The Bertz CT molecular complexity index is 847. The van der Waals surface area contributed by atoms with Gasteiger partial charge in [-0.15, -0.1) is 0 Å². The molecule has 0 aromatic heterocycles. The topological polar surface area (TPSA) is 116 Å². The van der Waals surface area contributed by atoms with Gasteiger partial charge in [-0.2, -0.15) is 0 Å². The average molecular weight is 457 g/mol. The van der Waals surface area contributed by atoms with Gasteiger partial charge in [-0.05, 0) is 31.2 Å². The second-order valence-corrected chi connectivity index (χ2v) is 9.78. The summed E-state index contributed by atoms with van der Waals surface area (Å²) in [5, 5.41) is 12.8. The van der Waals surface area contributed by atoms with Crippen molar-refractivity contribution in [2.24, 2.45) is 11.7 Å². The maximum atomic E-state index is 13.3. The number of amides is 2. The Kier molecular flexibility index (Phi) is 7.34. The molecule has 3 aliphatic rings. The first-order valence-electron chi connectivity index (χ1n) is 12.3. The molecule has 8 nitrogen and oxygen atoms in total. The molecular weight excluding hydrogens is 420 g/mol. The lowest BCUT2D eigenvalue weighted by Crippen LogP contribution is -2.62. The van der Waals surface area contributed by atoms with Gasteiger partial charge >= 0.3 is 5.97 Å². The molecule has 1 saturated heterocycles. The second kappa shape index (κ2) is 10.2. The largest absolute Gasteiger partial charge is 0.480 e. The number of carbonyl (C=O) groups is 3. The molecule has 3 atom stereocenters. The molecule has 1 aromatic carbocycles. The van der Waals surface area contributed by atoms with E-state index >= 15 is 0 Å². The minimum atomic E-state index is -0.837. The van der Waals surface area contributed by atoms with E-state index < -0.39 is 23.5 Å². The van der Waals surface area contributed by atoms with E-state index in [-0.39, 0.29) is 17.9 Å². The summed E-state index contributed by atoms with van der Waals surface area (Å²) < 4.78 is 0. The van der Waals surface area contributed by atoms with Crippen molar-refractivity contribution in [3.8, 4) is 0 Å². The van der Waals surface area contributed by atoms with Crippen LogP contribution in [0.2, 0.25) is 0 Å². The number of hydrogen-bond donors (Lipinski definition) is 3. The molecule has 1 aromatic rings. The lowest BCUT2D eigenvalue weighted by molar-refractivity contribution is -0.153. The van der Waals surface area contributed by atoms with E-state index in [1.807, 2.05) is 18.2 Å². The summed E-state index contributed by atoms with van der Waals surface area (Å²) in [7, 11) is 0. The van der Waals surface area contributed by atoms with Gasteiger partial charge in [0.05, 0.1) is 5.92 Å². The monoisotopic (exact) mass is 456 g/mol. The second-order valence-electron chi connectivity index (χ2n) is 9.78. The maximum absolute atomic E-state index is 13.3. The van der Waals surface area contributed by atoms with Crippen LogP contribution in [-0.4, -0.2) is 70.4 Å². The van der Waals surface area contributed by atoms with E-state index in [4.69, 9.17) is 5.73 Å². The Labute approximate surface area is 195 Å². The molecule has 2 amide bonds. The SMILES string of the molecule is NC(=O)[C@@H](NC(=O)[C@@H]1CCCC[C@H]1N1CCN(C2(C(=O)O)CCCC2)CC1)c1ccccc1. The van der Waals surface area contributed by atoms with Crippen molar-refractivity contribution in [1.82, 2.24) is 15.1 Å². The summed E-state index contributed by atoms with van der Waals surface area (Å²) in [6.07, 6.45) is 7.19. The summed E-state index contributed by atoms with van der Waals surface area (Å²) in [6.45, 7) is 2.96. The number of nitrogens with one attached hydrogen (secondary N) is 1. The Hall–Kier alpha value is -2.45. The van der Waals surface area contributed by atoms with Crippen molar-refractivity contribution < 1.29 is 19.5 Å². The molecule has 8 heteroatoms. The van der Waals surface area contributed by atoms with Crippen LogP contribution in [0.5, 0.6) is 0 Å². The van der Waals surface area contributed by atoms with Crippen molar-refractivity contribution in [2.75, 3.05) is 26.2 Å². The first kappa shape index (κ1) is 23.7. The van der Waals surface area contributed by atoms with E-state index in [2.05, 4.69) is 15.1 Å². The quantitative estimate of drug-likeness (QED) is 0.577. The standard InChI is InChI=1S/C25H36N4O4/c26-22(30)21(18-8-2-1-3-9-18)27-23(31)19-10-4-5-11-20(19)28-14-16-29(17-15-28)25(24(32)33)12-6-7-13-25/h1-3,8-9,19-21H,4-7,10-17H2,(H2,26,30)(H,27,31)(H,32,33)/t19-,20-,21+/m1/s1. The highest BCUT2D eigenvalue weighted by atomic mass is 16.4. The fourth-order valence-electron chi connectivity index (χ4n) is 6.17. The number of rotatable bonds is 7. The molecule has 1 aliphatic heterocycles. The van der Waals surface area contributed by atoms with Gasteiger partial charge in [0.15, 0.2) is 0 Å². The van der Waals surface area contributed by atoms with Gasteiger partial charge in [0.2, 0.25) is 11.8 Å². The van der Waals surface area contributed by atoms with Gasteiger partial charge in [-0.1, -0.05) is 56.0 Å². The minimum absolute atomic E-state index is 0.106. The molecule has 2 aliphatic carbocycles. The van der Waals surface area contributed by atoms with E-state index in [9.17, 15) is 19.5 Å². The third-order valence-corrected chi connectivity index (χ3v) is 7.99. The number of aliphatic carboxylic acids is 1. The van der Waals surface area contributed by atoms with Crippen LogP contribution >= 0.6 is 0 Å². The number of carbonyl (C=O) groups excluding carboxylic acids is 2. The van der Waals surface area contributed by atoms with Crippen molar-refractivity contribution in [3.63, 3.8) is 0 Å². The molecular formula is C25H36N4O4. The molecule has 180 valence electrons. The average Bonchev–Trinajstić information content (AvgIpc) is 3.34. The summed E-state index contributed by atoms with van der Waals surface area (Å²) in [5.74, 6) is -1.57. The first-order chi connectivity index (χ1) is 15.9. The van der Waals surface area contributed by atoms with E-state index in [1.54, 1.807) is 12.1 Å². The number of piperazine rings is 1. The van der Waals surface area contributed by atoms with Crippen LogP contribution in [0, 0.1) is 5.92 Å². The first-order valence-corrected chi connectivity index (χ1v) is 12.3. The van der Waals surface area contributed by atoms with Gasteiger partial charge in [-0.3, -0.25) is 24.2 Å². The van der Waals surface area contributed by atoms with E-state index in [1.165, 1.54) is 0 Å². The molecule has 3 fully saturated rings. The molecule has 0 bridgehead atoms. The van der Waals surface area contributed by atoms with E-state index in [0.29, 0.717) is 18.7 Å². The number of primary amides is 1. The van der Waals surface area contributed by atoms with Crippen molar-refractivity contribution in [2.45, 2.75) is 69.0 Å². The van der Waals surface area contributed by atoms with Crippen molar-refractivity contribution >= 4 is 17.8 Å². The van der Waals surface area contributed by atoms with Crippen LogP contribution in [-0.2, 0) is 14.4 Å². The number of carboxylic acids is 1. The number of benzene rings is 1. The highest BCUT2D eigenvalue weighted by Crippen LogP contribution is 2.37. The number of hydrogen-bond acceptors (Lipinski definition) is 5. The molecule has 0 radical (unpaired) electrons. The fraction of sp³-hybridized carbons (Fsp3) is 0.640. The van der Waals surface area contributed by atoms with E-state index in [0.717, 1.165) is 64.5 Å². The Morgan fingerprint density at radius 3 is 2.21 bits per heavy atom. The molecule has 33 heavy (non-hydrogen) atoms. The third kappa shape index (κ3) is 4.92. The predicted molar refractivity (Wildman–Crippen MR) is 124 cm³/mol. The Morgan fingerprint density at radius 2 is 1.61 bits per heavy atom. The number of nitrogens with two attached hydrogens (primary N) is 1. The van der Waals surface area contributed by atoms with Crippen molar-refractivity contribution in [3.05, 3.63) is 35.9 Å². The van der Waals surface area contributed by atoms with Crippen LogP contribution in [0.25, 0.3) is 0 Å². The fourth-order valence-corrected chi connectivity index (χ4v) is 6.17. The summed E-state index contributed by atoms with van der Waals surface area (Å²) in [6, 6.07) is 8.39. The van der Waals surface area contributed by atoms with Crippen molar-refractivity contribution in [1.29, 1.82) is 0 Å². The number of nitrogens with zero attached hydrogens (tertiary/aromatic N) is 2. The van der Waals surface area contributed by atoms with Crippen LogP contribution in [0.4, 0.5) is 0 Å². The smallest absolute Gasteiger partial charge is 0.324 e. The molecule has 0 unspecified atom stereocenters. The summed E-state index contributed by atoms with van der Waals surface area (Å²) in [5.41, 5.74) is 5.60. The molecule has 2 saturated carbocycles. The predicted octanol–water partition coefficient (Wildman–Crippen LogP) is 1.90. The number of carboxylic acid groups (broad SMARTS) is 1. The van der Waals surface area contributed by atoms with Gasteiger partial charge in [0.25, 0.3) is 0 Å². The minimum Gasteiger partial charge on any atom is -0.480 e. The lowest BCUT2D eigenvalue weighted by Gasteiger charge is -2.47. The Balaban J connectivity index is 1.42. The third-order valence-electron chi connectivity index (χ3n) is 7.99. The van der Waals surface area contributed by atoms with Gasteiger partial charge < -0.3 is 16.2 Å². The zero-order valence-electron chi connectivity index (χ0n) is 19.2. The normalized spacial score (nSPS) is 27.0. The summed E-state index contributed by atoms with van der Waals surface area (Å²) >= 11 is 0. The van der Waals surface area contributed by atoms with Gasteiger partial charge in [0.1, 0.15) is 11.6 Å². The zero-order valence-corrected chi connectivity index (χ0v) is 19.2. The maximum Gasteiger partial charge on any atom is 0.324 e. The lowest BCUT2D eigenvalue weighted by atomic mass is 9.82. The molecule has 1 heterocycles. The highest BCUT2D eigenvalue weighted by molar-refractivity contribution is 5.88. The Morgan fingerprint density at radius 1 is 0.970 bits per heavy atom. The molecule has 4 rings (SSSR count). The van der Waals surface area contributed by atoms with Crippen LogP contribution in [0.3, 0.4) is 0 Å². The molecule has 4 N–H and O–H groups in total. The van der Waals surface area contributed by atoms with Gasteiger partial charge in [0, 0.05) is 32.2 Å². The van der Waals surface area contributed by atoms with Crippen LogP contribution < -0.4 is 11.1 Å². The van der Waals surface area contributed by atoms with Crippen LogP contribution in [0.1, 0.15) is 63.0 Å². The van der Waals surface area contributed by atoms with Gasteiger partial charge in [-0.25, -0.2) is 0 Å².